The van der Waals surface area contributed by atoms with Gasteiger partial charge in [0.1, 0.15) is 12.4 Å². The van der Waals surface area contributed by atoms with Gasteiger partial charge in [-0.2, -0.15) is 18.2 Å². The Hall–Kier alpha value is -5.59. The SMILES string of the molecule is O=C(Nc1ccc(-n2nc(OCc3ccc(F)cc3)nc2-c2cccc(C(F)(F)F)c2)cc1)c1cccc([N+](=O)[O-])c1. The zero-order valence-electron chi connectivity index (χ0n) is 21.4. The number of nitrogens with zero attached hydrogens (tertiary/aromatic N) is 4. The van der Waals surface area contributed by atoms with Crippen molar-refractivity contribution in [3.63, 3.8) is 0 Å². The fraction of sp³-hybridized carbons (Fsp3) is 0.0690. The molecule has 9 nitrogen and oxygen atoms in total. The first kappa shape index (κ1) is 28.0. The molecule has 1 heterocycles. The molecule has 0 aliphatic heterocycles. The van der Waals surface area contributed by atoms with Crippen molar-refractivity contribution in [1.82, 2.24) is 14.8 Å². The first-order chi connectivity index (χ1) is 20.1. The second-order valence-corrected chi connectivity index (χ2v) is 8.93. The summed E-state index contributed by atoms with van der Waals surface area (Å²) >= 11 is 0. The van der Waals surface area contributed by atoms with Crippen LogP contribution in [0.2, 0.25) is 0 Å². The molecule has 42 heavy (non-hydrogen) atoms. The average Bonchev–Trinajstić information content (AvgIpc) is 3.41. The van der Waals surface area contributed by atoms with Gasteiger partial charge in [0, 0.05) is 28.9 Å². The number of aromatic nitrogens is 3. The van der Waals surface area contributed by atoms with E-state index in [1.165, 1.54) is 71.4 Å². The number of amides is 1. The topological polar surface area (TPSA) is 112 Å². The molecule has 212 valence electrons. The summed E-state index contributed by atoms with van der Waals surface area (Å²) in [6, 6.07) is 21.4. The van der Waals surface area contributed by atoms with E-state index in [4.69, 9.17) is 4.74 Å². The quantitative estimate of drug-likeness (QED) is 0.123. The first-order valence-corrected chi connectivity index (χ1v) is 12.2. The third-order valence-electron chi connectivity index (χ3n) is 6.01. The molecule has 0 atom stereocenters. The Morgan fingerprint density at radius 1 is 0.952 bits per heavy atom. The van der Waals surface area contributed by atoms with Crippen LogP contribution in [-0.4, -0.2) is 25.6 Å². The number of carbonyl (C=O) groups is 1. The molecule has 0 bridgehead atoms. The number of halogens is 4. The summed E-state index contributed by atoms with van der Waals surface area (Å²) in [5, 5.41) is 18.0. The van der Waals surface area contributed by atoms with Gasteiger partial charge < -0.3 is 10.1 Å². The Balaban J connectivity index is 1.43. The van der Waals surface area contributed by atoms with Crippen LogP contribution in [0.15, 0.2) is 97.1 Å². The number of alkyl halides is 3. The maximum atomic E-state index is 13.4. The van der Waals surface area contributed by atoms with E-state index >= 15 is 0 Å². The van der Waals surface area contributed by atoms with Gasteiger partial charge in [-0.15, -0.1) is 5.10 Å². The van der Waals surface area contributed by atoms with E-state index in [2.05, 4.69) is 15.4 Å². The van der Waals surface area contributed by atoms with Crippen molar-refractivity contribution in [2.75, 3.05) is 5.32 Å². The number of non-ortho nitro benzene ring substituents is 1. The predicted octanol–water partition coefficient (Wildman–Crippen LogP) is 6.83. The van der Waals surface area contributed by atoms with Gasteiger partial charge >= 0.3 is 12.2 Å². The standard InChI is InChI=1S/C29H19F4N5O4/c30-22-9-7-18(8-10-22)17-42-28-35-26(19-3-1-5-21(15-19)29(31,32)33)37(36-28)24-13-11-23(12-14-24)34-27(39)20-4-2-6-25(16-20)38(40)41/h1-16H,17H2,(H,34,39). The second kappa shape index (κ2) is 11.5. The summed E-state index contributed by atoms with van der Waals surface area (Å²) in [6.07, 6.45) is -4.58. The minimum atomic E-state index is -4.58. The molecule has 1 amide bonds. The molecule has 5 aromatic rings. The number of carbonyl (C=O) groups excluding carboxylic acids is 1. The van der Waals surface area contributed by atoms with Crippen molar-refractivity contribution >= 4 is 17.3 Å². The van der Waals surface area contributed by atoms with Gasteiger partial charge in [-0.25, -0.2) is 9.07 Å². The summed E-state index contributed by atoms with van der Waals surface area (Å²) in [4.78, 5) is 27.3. The first-order valence-electron chi connectivity index (χ1n) is 12.2. The highest BCUT2D eigenvalue weighted by Crippen LogP contribution is 2.33. The predicted molar refractivity (Wildman–Crippen MR) is 144 cm³/mol. The lowest BCUT2D eigenvalue weighted by atomic mass is 10.1. The second-order valence-electron chi connectivity index (χ2n) is 8.93. The third kappa shape index (κ3) is 6.41. The molecule has 1 N–H and O–H groups in total. The van der Waals surface area contributed by atoms with E-state index in [9.17, 15) is 32.5 Å². The Morgan fingerprint density at radius 2 is 1.67 bits per heavy atom. The Bertz CT molecular complexity index is 1750. The van der Waals surface area contributed by atoms with Crippen molar-refractivity contribution in [2.45, 2.75) is 12.8 Å². The molecule has 0 saturated heterocycles. The molecule has 0 saturated carbocycles. The minimum Gasteiger partial charge on any atom is -0.457 e. The normalized spacial score (nSPS) is 11.2. The number of nitro benzene ring substituents is 1. The smallest absolute Gasteiger partial charge is 0.416 e. The van der Waals surface area contributed by atoms with Crippen LogP contribution >= 0.6 is 0 Å². The number of hydrogen-bond donors (Lipinski definition) is 1. The molecule has 4 aromatic carbocycles. The molecule has 13 heteroatoms. The minimum absolute atomic E-state index is 0.0189. The van der Waals surface area contributed by atoms with E-state index in [-0.39, 0.29) is 35.3 Å². The average molecular weight is 577 g/mol. The highest BCUT2D eigenvalue weighted by atomic mass is 19.4. The van der Waals surface area contributed by atoms with Crippen molar-refractivity contribution in [3.05, 3.63) is 130 Å². The van der Waals surface area contributed by atoms with Gasteiger partial charge in [0.2, 0.25) is 0 Å². The number of benzene rings is 4. The monoisotopic (exact) mass is 577 g/mol. The van der Waals surface area contributed by atoms with Gasteiger partial charge in [0.15, 0.2) is 5.82 Å². The number of nitro groups is 1. The lowest BCUT2D eigenvalue weighted by Crippen LogP contribution is -2.12. The third-order valence-corrected chi connectivity index (χ3v) is 6.01. The molecule has 0 unspecified atom stereocenters. The lowest BCUT2D eigenvalue weighted by Gasteiger charge is -2.10. The van der Waals surface area contributed by atoms with Crippen LogP contribution in [0.25, 0.3) is 17.1 Å². The molecule has 1 aromatic heterocycles. The zero-order valence-corrected chi connectivity index (χ0v) is 21.4. The maximum Gasteiger partial charge on any atom is 0.416 e. The van der Waals surface area contributed by atoms with Crippen molar-refractivity contribution < 1.29 is 32.0 Å². The summed E-state index contributed by atoms with van der Waals surface area (Å²) < 4.78 is 60.4. The summed E-state index contributed by atoms with van der Waals surface area (Å²) in [7, 11) is 0. The molecule has 5 rings (SSSR count). The van der Waals surface area contributed by atoms with Crippen molar-refractivity contribution in [1.29, 1.82) is 0 Å². The van der Waals surface area contributed by atoms with Crippen LogP contribution in [0.5, 0.6) is 6.01 Å². The molecule has 0 fully saturated rings. The summed E-state index contributed by atoms with van der Waals surface area (Å²) in [6.45, 7) is -0.0189. The Labute approximate surface area is 235 Å². The van der Waals surface area contributed by atoms with Crippen LogP contribution in [0.1, 0.15) is 21.5 Å². The largest absolute Gasteiger partial charge is 0.457 e. The van der Waals surface area contributed by atoms with E-state index in [1.54, 1.807) is 12.1 Å². The summed E-state index contributed by atoms with van der Waals surface area (Å²) in [5.74, 6) is -0.936. The number of nitrogens with one attached hydrogen (secondary N) is 1. The highest BCUT2D eigenvalue weighted by Gasteiger charge is 2.31. The molecule has 0 radical (unpaired) electrons. The van der Waals surface area contributed by atoms with Gasteiger partial charge in [-0.05, 0) is 60.2 Å². The van der Waals surface area contributed by atoms with Crippen molar-refractivity contribution in [3.8, 4) is 23.1 Å². The van der Waals surface area contributed by atoms with E-state index in [0.717, 1.165) is 18.2 Å². The van der Waals surface area contributed by atoms with Crippen LogP contribution in [0.3, 0.4) is 0 Å². The lowest BCUT2D eigenvalue weighted by molar-refractivity contribution is -0.384. The molecule has 0 aliphatic rings. The molecule has 0 spiro atoms. The number of rotatable bonds is 8. The van der Waals surface area contributed by atoms with Gasteiger partial charge in [0.25, 0.3) is 11.6 Å². The number of anilines is 1. The Morgan fingerprint density at radius 3 is 2.36 bits per heavy atom. The van der Waals surface area contributed by atoms with Gasteiger partial charge in [-0.1, -0.05) is 30.3 Å². The van der Waals surface area contributed by atoms with Crippen LogP contribution < -0.4 is 10.1 Å². The highest BCUT2D eigenvalue weighted by molar-refractivity contribution is 6.04. The Kier molecular flexibility index (Phi) is 7.65. The zero-order chi connectivity index (χ0) is 29.9. The molecular formula is C29H19F4N5O4. The van der Waals surface area contributed by atoms with Gasteiger partial charge in [-0.3, -0.25) is 14.9 Å². The fourth-order valence-electron chi connectivity index (χ4n) is 3.93. The van der Waals surface area contributed by atoms with Crippen LogP contribution in [-0.2, 0) is 12.8 Å². The molecular weight excluding hydrogens is 558 g/mol. The van der Waals surface area contributed by atoms with Crippen molar-refractivity contribution in [2.24, 2.45) is 0 Å². The summed E-state index contributed by atoms with van der Waals surface area (Å²) in [5.41, 5.74) is 0.462. The van der Waals surface area contributed by atoms with E-state index in [0.29, 0.717) is 16.9 Å². The van der Waals surface area contributed by atoms with E-state index in [1.807, 2.05) is 0 Å². The van der Waals surface area contributed by atoms with Gasteiger partial charge in [0.05, 0.1) is 16.2 Å². The number of ether oxygens (including phenoxy) is 1. The maximum absolute atomic E-state index is 13.4. The molecule has 0 aliphatic carbocycles. The van der Waals surface area contributed by atoms with E-state index < -0.39 is 28.4 Å². The number of hydrogen-bond acceptors (Lipinski definition) is 6. The van der Waals surface area contributed by atoms with Crippen LogP contribution in [0, 0.1) is 15.9 Å². The van der Waals surface area contributed by atoms with Crippen LogP contribution in [0.4, 0.5) is 28.9 Å². The fourth-order valence-corrected chi connectivity index (χ4v) is 3.93.